The van der Waals surface area contributed by atoms with E-state index in [9.17, 15) is 0 Å². The summed E-state index contributed by atoms with van der Waals surface area (Å²) in [5.41, 5.74) is 8.46. The molecule has 0 spiro atoms. The van der Waals surface area contributed by atoms with Crippen molar-refractivity contribution in [1.29, 1.82) is 0 Å². The summed E-state index contributed by atoms with van der Waals surface area (Å²) >= 11 is 0. The van der Waals surface area contributed by atoms with Gasteiger partial charge in [0.25, 0.3) is 0 Å². The van der Waals surface area contributed by atoms with Crippen molar-refractivity contribution < 1.29 is 4.74 Å². The molecule has 2 nitrogen and oxygen atoms in total. The van der Waals surface area contributed by atoms with Crippen LogP contribution in [0.5, 0.6) is 5.75 Å². The topological polar surface area (TPSA) is 35.2 Å². The Bertz CT molecular complexity index is 383. The molecule has 1 fully saturated rings. The molecule has 1 aromatic carbocycles. The summed E-state index contributed by atoms with van der Waals surface area (Å²) in [5, 5.41) is 0. The van der Waals surface area contributed by atoms with Crippen molar-refractivity contribution in [3.05, 3.63) is 29.3 Å². The highest BCUT2D eigenvalue weighted by Crippen LogP contribution is 2.34. The van der Waals surface area contributed by atoms with Crippen LogP contribution < -0.4 is 10.5 Å². The van der Waals surface area contributed by atoms with Gasteiger partial charge in [0.2, 0.25) is 0 Å². The lowest BCUT2D eigenvalue weighted by molar-refractivity contribution is 0.407. The maximum atomic E-state index is 5.58. The van der Waals surface area contributed by atoms with Gasteiger partial charge in [-0.2, -0.15) is 0 Å². The van der Waals surface area contributed by atoms with Gasteiger partial charge < -0.3 is 10.5 Å². The summed E-state index contributed by atoms with van der Waals surface area (Å²) in [4.78, 5) is 0. The van der Waals surface area contributed by atoms with E-state index in [-0.39, 0.29) is 0 Å². The van der Waals surface area contributed by atoms with Crippen LogP contribution in [0.25, 0.3) is 0 Å². The number of rotatable bonds is 6. The van der Waals surface area contributed by atoms with Crippen molar-refractivity contribution in [1.82, 2.24) is 0 Å². The molecule has 2 N–H and O–H groups in total. The van der Waals surface area contributed by atoms with Crippen molar-refractivity contribution in [3.8, 4) is 5.75 Å². The molecular formula is C17H27NO. The summed E-state index contributed by atoms with van der Waals surface area (Å²) in [7, 11) is 1.77. The molecule has 2 rings (SSSR count). The predicted molar refractivity (Wildman–Crippen MR) is 80.8 cm³/mol. The Balaban J connectivity index is 2.09. The van der Waals surface area contributed by atoms with Crippen LogP contribution in [-0.2, 0) is 6.42 Å². The highest BCUT2D eigenvalue weighted by molar-refractivity contribution is 5.38. The molecule has 1 aromatic rings. The van der Waals surface area contributed by atoms with Crippen LogP contribution in [0.15, 0.2) is 18.2 Å². The lowest BCUT2D eigenvalue weighted by Gasteiger charge is -2.23. The van der Waals surface area contributed by atoms with Crippen molar-refractivity contribution >= 4 is 0 Å². The van der Waals surface area contributed by atoms with Gasteiger partial charge in [-0.15, -0.1) is 0 Å². The van der Waals surface area contributed by atoms with Crippen LogP contribution in [0, 0.1) is 0 Å². The van der Waals surface area contributed by atoms with Crippen molar-refractivity contribution in [2.24, 2.45) is 5.73 Å². The molecule has 0 aliphatic heterocycles. The summed E-state index contributed by atoms with van der Waals surface area (Å²) in [6, 6.07) is 6.80. The first-order chi connectivity index (χ1) is 9.35. The van der Waals surface area contributed by atoms with E-state index in [1.807, 2.05) is 0 Å². The van der Waals surface area contributed by atoms with Gasteiger partial charge in [-0.05, 0) is 61.8 Å². The number of nitrogens with two attached hydrogens (primary N) is 1. The zero-order valence-corrected chi connectivity index (χ0v) is 12.2. The molecule has 0 aromatic heterocycles. The third kappa shape index (κ3) is 3.97. The van der Waals surface area contributed by atoms with Gasteiger partial charge in [0.15, 0.2) is 0 Å². The fourth-order valence-corrected chi connectivity index (χ4v) is 3.14. The molecule has 0 atom stereocenters. The number of aryl methyl sites for hydroxylation is 1. The Morgan fingerprint density at radius 3 is 2.63 bits per heavy atom. The first kappa shape index (κ1) is 14.4. The van der Waals surface area contributed by atoms with E-state index in [2.05, 4.69) is 18.2 Å². The molecule has 0 amide bonds. The zero-order valence-electron chi connectivity index (χ0n) is 12.2. The average molecular weight is 261 g/mol. The van der Waals surface area contributed by atoms with Crippen molar-refractivity contribution in [2.75, 3.05) is 13.7 Å². The summed E-state index contributed by atoms with van der Waals surface area (Å²) in [6.45, 7) is 0.782. The Morgan fingerprint density at radius 1 is 1.16 bits per heavy atom. The molecule has 0 saturated heterocycles. The molecule has 19 heavy (non-hydrogen) atoms. The van der Waals surface area contributed by atoms with Gasteiger partial charge in [-0.25, -0.2) is 0 Å². The quantitative estimate of drug-likeness (QED) is 0.785. The Hall–Kier alpha value is -1.02. The van der Waals surface area contributed by atoms with E-state index in [1.165, 1.54) is 43.2 Å². The Morgan fingerprint density at radius 2 is 1.95 bits per heavy atom. The molecular weight excluding hydrogens is 234 g/mol. The van der Waals surface area contributed by atoms with Gasteiger partial charge in [-0.3, -0.25) is 0 Å². The predicted octanol–water partition coefficient (Wildman–Crippen LogP) is 4.02. The maximum absolute atomic E-state index is 5.58. The number of benzene rings is 1. The zero-order chi connectivity index (χ0) is 13.5. The smallest absolute Gasteiger partial charge is 0.122 e. The number of ether oxygens (including phenoxy) is 1. The second-order valence-corrected chi connectivity index (χ2v) is 5.65. The van der Waals surface area contributed by atoms with Crippen LogP contribution >= 0.6 is 0 Å². The Kier molecular flexibility index (Phi) is 5.71. The monoisotopic (exact) mass is 261 g/mol. The molecule has 0 heterocycles. The molecule has 1 aliphatic carbocycles. The average Bonchev–Trinajstić information content (AvgIpc) is 2.48. The van der Waals surface area contributed by atoms with Crippen molar-refractivity contribution in [3.63, 3.8) is 0 Å². The van der Waals surface area contributed by atoms with Gasteiger partial charge in [0, 0.05) is 0 Å². The second-order valence-electron chi connectivity index (χ2n) is 5.65. The molecule has 0 unspecified atom stereocenters. The number of methoxy groups -OCH3 is 1. The lowest BCUT2D eigenvalue weighted by Crippen LogP contribution is -2.06. The summed E-state index contributed by atoms with van der Waals surface area (Å²) in [6.07, 6.45) is 10.2. The molecule has 0 bridgehead atoms. The number of hydrogen-bond donors (Lipinski definition) is 1. The van der Waals surface area contributed by atoms with Gasteiger partial charge in [0.1, 0.15) is 5.75 Å². The van der Waals surface area contributed by atoms with Crippen molar-refractivity contribution in [2.45, 2.75) is 57.3 Å². The fourth-order valence-electron chi connectivity index (χ4n) is 3.14. The van der Waals surface area contributed by atoms with E-state index in [4.69, 9.17) is 10.5 Å². The largest absolute Gasteiger partial charge is 0.496 e. The van der Waals surface area contributed by atoms with E-state index in [0.29, 0.717) is 0 Å². The lowest BCUT2D eigenvalue weighted by atomic mass is 9.83. The first-order valence-corrected chi connectivity index (χ1v) is 7.72. The van der Waals surface area contributed by atoms with Crippen LogP contribution in [0.2, 0.25) is 0 Å². The molecule has 1 aliphatic rings. The minimum Gasteiger partial charge on any atom is -0.496 e. The SMILES string of the molecule is COc1ccc(C2CCCCC2)cc1CCCCN. The number of unbranched alkanes of at least 4 members (excludes halogenated alkanes) is 1. The van der Waals surface area contributed by atoms with Crippen LogP contribution in [0.1, 0.15) is 62.0 Å². The highest BCUT2D eigenvalue weighted by Gasteiger charge is 2.16. The third-order valence-corrected chi connectivity index (χ3v) is 4.28. The molecule has 106 valence electrons. The van der Waals surface area contributed by atoms with Crippen LogP contribution in [0.4, 0.5) is 0 Å². The van der Waals surface area contributed by atoms with Gasteiger partial charge in [-0.1, -0.05) is 31.4 Å². The minimum atomic E-state index is 0.771. The standard InChI is InChI=1S/C17H27NO/c1-19-17-11-10-15(14-7-3-2-4-8-14)13-16(17)9-5-6-12-18/h10-11,13-14H,2-9,12,18H2,1H3. The summed E-state index contributed by atoms with van der Waals surface area (Å²) in [5.74, 6) is 1.81. The van der Waals surface area contributed by atoms with Gasteiger partial charge >= 0.3 is 0 Å². The third-order valence-electron chi connectivity index (χ3n) is 4.28. The first-order valence-electron chi connectivity index (χ1n) is 7.72. The van der Waals surface area contributed by atoms with Crippen LogP contribution in [0.3, 0.4) is 0 Å². The number of hydrogen-bond acceptors (Lipinski definition) is 2. The highest BCUT2D eigenvalue weighted by atomic mass is 16.5. The van der Waals surface area contributed by atoms with Crippen LogP contribution in [-0.4, -0.2) is 13.7 Å². The second kappa shape index (κ2) is 7.54. The summed E-state index contributed by atoms with van der Waals surface area (Å²) < 4.78 is 5.49. The molecule has 0 radical (unpaired) electrons. The normalized spacial score (nSPS) is 16.5. The Labute approximate surface area is 117 Å². The molecule has 1 saturated carbocycles. The fraction of sp³-hybridized carbons (Fsp3) is 0.647. The molecule has 2 heteroatoms. The van der Waals surface area contributed by atoms with E-state index >= 15 is 0 Å². The maximum Gasteiger partial charge on any atom is 0.122 e. The van der Waals surface area contributed by atoms with E-state index in [1.54, 1.807) is 7.11 Å². The van der Waals surface area contributed by atoms with E-state index in [0.717, 1.165) is 37.5 Å². The van der Waals surface area contributed by atoms with E-state index < -0.39 is 0 Å². The van der Waals surface area contributed by atoms with Gasteiger partial charge in [0.05, 0.1) is 7.11 Å². The minimum absolute atomic E-state index is 0.771.